The Hall–Kier alpha value is -1.77. The molecule has 1 aromatic carbocycles. The molecule has 2 aromatic rings. The lowest BCUT2D eigenvalue weighted by Gasteiger charge is -2.07. The zero-order valence-electron chi connectivity index (χ0n) is 11.1. The van der Waals surface area contributed by atoms with Gasteiger partial charge in [-0.2, -0.15) is 4.98 Å². The molecule has 1 aromatic heterocycles. The Morgan fingerprint density at radius 1 is 1.35 bits per heavy atom. The minimum atomic E-state index is -3.64. The summed E-state index contributed by atoms with van der Waals surface area (Å²) in [4.78, 5) is 4.02. The van der Waals surface area contributed by atoms with Gasteiger partial charge in [-0.25, -0.2) is 13.1 Å². The fourth-order valence-corrected chi connectivity index (χ4v) is 2.56. The molecule has 20 heavy (non-hydrogen) atoms. The van der Waals surface area contributed by atoms with Crippen molar-refractivity contribution < 1.29 is 18.0 Å². The van der Waals surface area contributed by atoms with E-state index < -0.39 is 16.1 Å². The summed E-state index contributed by atoms with van der Waals surface area (Å²) < 4.78 is 31.2. The van der Waals surface area contributed by atoms with Crippen LogP contribution in [0.3, 0.4) is 0 Å². The number of nitrogens with one attached hydrogen (secondary N) is 1. The van der Waals surface area contributed by atoms with Gasteiger partial charge >= 0.3 is 0 Å². The quantitative estimate of drug-likeness (QED) is 0.849. The van der Waals surface area contributed by atoms with E-state index in [2.05, 4.69) is 14.9 Å². The lowest BCUT2D eigenvalue weighted by Crippen LogP contribution is -2.23. The van der Waals surface area contributed by atoms with E-state index in [0.717, 1.165) is 0 Å². The lowest BCUT2D eigenvalue weighted by atomic mass is 10.1. The number of benzene rings is 1. The van der Waals surface area contributed by atoms with Gasteiger partial charge in [-0.15, -0.1) is 0 Å². The zero-order chi connectivity index (χ0) is 14.8. The van der Waals surface area contributed by atoms with Crippen molar-refractivity contribution in [1.82, 2.24) is 14.9 Å². The Balaban J connectivity index is 2.09. The van der Waals surface area contributed by atoms with Crippen LogP contribution in [0.2, 0.25) is 0 Å². The molecule has 0 spiro atoms. The molecule has 0 fully saturated rings. The van der Waals surface area contributed by atoms with Crippen LogP contribution in [0.5, 0.6) is 0 Å². The van der Waals surface area contributed by atoms with Gasteiger partial charge < -0.3 is 9.63 Å². The molecule has 7 nitrogen and oxygen atoms in total. The van der Waals surface area contributed by atoms with Crippen molar-refractivity contribution in [2.24, 2.45) is 0 Å². The Kier molecular flexibility index (Phi) is 4.17. The topological polar surface area (TPSA) is 105 Å². The molecule has 0 saturated heterocycles. The zero-order valence-corrected chi connectivity index (χ0v) is 11.9. The van der Waals surface area contributed by atoms with E-state index in [1.807, 2.05) is 0 Å². The van der Waals surface area contributed by atoms with Crippen LogP contribution in [0.15, 0.2) is 33.7 Å². The van der Waals surface area contributed by atoms with E-state index in [4.69, 9.17) is 4.52 Å². The second kappa shape index (κ2) is 5.70. The molecule has 0 aliphatic carbocycles. The largest absolute Gasteiger partial charge is 0.389 e. The second-order valence-corrected chi connectivity index (χ2v) is 6.07. The molecular formula is C12H15N3O4S. The van der Waals surface area contributed by atoms with Crippen LogP contribution in [-0.2, 0) is 16.6 Å². The molecule has 0 aliphatic heterocycles. The first-order valence-corrected chi connectivity index (χ1v) is 7.43. The highest BCUT2D eigenvalue weighted by atomic mass is 32.2. The Bertz CT molecular complexity index is 677. The highest BCUT2D eigenvalue weighted by Gasteiger charge is 2.15. The van der Waals surface area contributed by atoms with E-state index in [9.17, 15) is 13.5 Å². The summed E-state index contributed by atoms with van der Waals surface area (Å²) in [5, 5.41) is 13.0. The normalized spacial score (nSPS) is 13.3. The van der Waals surface area contributed by atoms with Crippen molar-refractivity contribution in [3.8, 4) is 0 Å². The lowest BCUT2D eigenvalue weighted by molar-refractivity contribution is 0.199. The summed E-state index contributed by atoms with van der Waals surface area (Å²) in [6.07, 6.45) is -0.637. The number of sulfonamides is 1. The molecule has 1 heterocycles. The number of hydrogen-bond donors (Lipinski definition) is 2. The van der Waals surface area contributed by atoms with Crippen molar-refractivity contribution in [1.29, 1.82) is 0 Å². The second-order valence-electron chi connectivity index (χ2n) is 4.30. The van der Waals surface area contributed by atoms with Crippen LogP contribution < -0.4 is 4.72 Å². The number of rotatable bonds is 5. The van der Waals surface area contributed by atoms with Crippen LogP contribution in [0, 0.1) is 6.92 Å². The highest BCUT2D eigenvalue weighted by molar-refractivity contribution is 7.89. The third-order valence-corrected chi connectivity index (χ3v) is 4.08. The van der Waals surface area contributed by atoms with Crippen LogP contribution >= 0.6 is 0 Å². The molecule has 2 rings (SSSR count). The summed E-state index contributed by atoms with van der Waals surface area (Å²) in [6, 6.07) is 6.01. The average Bonchev–Trinajstić information content (AvgIpc) is 2.82. The standard InChI is InChI=1S/C12H15N3O4S/c1-8(16)10-3-5-11(6-4-10)20(17,18)13-7-12-14-9(2)19-15-12/h3-6,8,13,16H,7H2,1-2H3. The van der Waals surface area contributed by atoms with Crippen molar-refractivity contribution in [3.05, 3.63) is 41.5 Å². The molecule has 8 heteroatoms. The predicted octanol–water partition coefficient (Wildman–Crippen LogP) is 0.910. The molecular weight excluding hydrogens is 282 g/mol. The SMILES string of the molecule is Cc1nc(CNS(=O)(=O)c2ccc(C(C)O)cc2)no1. The van der Waals surface area contributed by atoms with Gasteiger partial charge in [0.2, 0.25) is 15.9 Å². The molecule has 0 bridgehead atoms. The van der Waals surface area contributed by atoms with Crippen LogP contribution in [0.4, 0.5) is 0 Å². The van der Waals surface area contributed by atoms with Gasteiger partial charge in [0, 0.05) is 6.92 Å². The molecule has 0 radical (unpaired) electrons. The summed E-state index contributed by atoms with van der Waals surface area (Å²) in [6.45, 7) is 3.19. The van der Waals surface area contributed by atoms with Gasteiger partial charge in [0.1, 0.15) is 0 Å². The number of aliphatic hydroxyl groups is 1. The van der Waals surface area contributed by atoms with E-state index in [1.165, 1.54) is 12.1 Å². The Morgan fingerprint density at radius 2 is 2.00 bits per heavy atom. The average molecular weight is 297 g/mol. The third-order valence-electron chi connectivity index (χ3n) is 2.66. The maximum Gasteiger partial charge on any atom is 0.240 e. The predicted molar refractivity (Wildman–Crippen MR) is 70.1 cm³/mol. The molecule has 1 atom stereocenters. The number of nitrogens with zero attached hydrogens (tertiary/aromatic N) is 2. The number of hydrogen-bond acceptors (Lipinski definition) is 6. The molecule has 2 N–H and O–H groups in total. The molecule has 108 valence electrons. The summed E-state index contributed by atoms with van der Waals surface area (Å²) in [7, 11) is -3.64. The fraction of sp³-hybridized carbons (Fsp3) is 0.333. The maximum atomic E-state index is 12.0. The van der Waals surface area contributed by atoms with E-state index >= 15 is 0 Å². The molecule has 1 unspecified atom stereocenters. The minimum absolute atomic E-state index is 0.0438. The van der Waals surface area contributed by atoms with Gasteiger partial charge in [0.25, 0.3) is 0 Å². The van der Waals surface area contributed by atoms with Crippen molar-refractivity contribution in [2.75, 3.05) is 0 Å². The van der Waals surface area contributed by atoms with Crippen LogP contribution in [-0.4, -0.2) is 23.7 Å². The number of aliphatic hydroxyl groups excluding tert-OH is 1. The first-order chi connectivity index (χ1) is 9.38. The summed E-state index contributed by atoms with van der Waals surface area (Å²) >= 11 is 0. The fourth-order valence-electron chi connectivity index (χ4n) is 1.58. The van der Waals surface area contributed by atoms with Crippen molar-refractivity contribution in [2.45, 2.75) is 31.4 Å². The van der Waals surface area contributed by atoms with Gasteiger partial charge in [0.15, 0.2) is 5.82 Å². The van der Waals surface area contributed by atoms with Gasteiger partial charge in [-0.05, 0) is 24.6 Å². The first-order valence-electron chi connectivity index (χ1n) is 5.95. The maximum absolute atomic E-state index is 12.0. The van der Waals surface area contributed by atoms with E-state index in [1.54, 1.807) is 26.0 Å². The van der Waals surface area contributed by atoms with Gasteiger partial charge in [-0.3, -0.25) is 0 Å². The monoisotopic (exact) mass is 297 g/mol. The molecule has 0 aliphatic rings. The number of aromatic nitrogens is 2. The van der Waals surface area contributed by atoms with Gasteiger partial charge in [-0.1, -0.05) is 17.3 Å². The first kappa shape index (κ1) is 14.6. The molecule has 0 saturated carbocycles. The number of aryl methyl sites for hydroxylation is 1. The van der Waals surface area contributed by atoms with Crippen molar-refractivity contribution in [3.63, 3.8) is 0 Å². The van der Waals surface area contributed by atoms with Crippen LogP contribution in [0.1, 0.15) is 30.3 Å². The third kappa shape index (κ3) is 3.41. The Morgan fingerprint density at radius 3 is 2.50 bits per heavy atom. The summed E-state index contributed by atoms with van der Waals surface area (Å²) in [5.74, 6) is 0.646. The highest BCUT2D eigenvalue weighted by Crippen LogP contribution is 2.15. The van der Waals surface area contributed by atoms with E-state index in [0.29, 0.717) is 11.5 Å². The smallest absolute Gasteiger partial charge is 0.240 e. The molecule has 0 amide bonds. The van der Waals surface area contributed by atoms with Gasteiger partial charge in [0.05, 0.1) is 17.5 Å². The van der Waals surface area contributed by atoms with E-state index in [-0.39, 0.29) is 17.3 Å². The van der Waals surface area contributed by atoms with Crippen LogP contribution in [0.25, 0.3) is 0 Å². The van der Waals surface area contributed by atoms with Crippen molar-refractivity contribution >= 4 is 10.0 Å². The Labute approximate surface area is 116 Å². The minimum Gasteiger partial charge on any atom is -0.389 e. The summed E-state index contributed by atoms with van der Waals surface area (Å²) in [5.41, 5.74) is 0.651.